The lowest BCUT2D eigenvalue weighted by Crippen LogP contribution is -1.99. The van der Waals surface area contributed by atoms with Crippen molar-refractivity contribution in [1.29, 1.82) is 0 Å². The Morgan fingerprint density at radius 2 is 1.94 bits per heavy atom. The Bertz CT molecular complexity index is 313. The molecular formula is C14H22O2S. The Hall–Kier alpha value is -0.830. The van der Waals surface area contributed by atoms with Crippen molar-refractivity contribution in [3.8, 4) is 11.5 Å². The van der Waals surface area contributed by atoms with Crippen molar-refractivity contribution in [2.75, 3.05) is 19.5 Å². The lowest BCUT2D eigenvalue weighted by Gasteiger charge is -2.08. The fraction of sp³-hybridized carbons (Fsp3) is 0.571. The van der Waals surface area contributed by atoms with Crippen LogP contribution in [0.15, 0.2) is 24.3 Å². The first-order valence-electron chi connectivity index (χ1n) is 6.11. The summed E-state index contributed by atoms with van der Waals surface area (Å²) in [6.07, 6.45) is 2.32. The van der Waals surface area contributed by atoms with Gasteiger partial charge in [0.1, 0.15) is 11.5 Å². The van der Waals surface area contributed by atoms with Crippen molar-refractivity contribution in [1.82, 2.24) is 0 Å². The summed E-state index contributed by atoms with van der Waals surface area (Å²) in [4.78, 5) is 0. The van der Waals surface area contributed by atoms with Gasteiger partial charge in [-0.05, 0) is 36.0 Å². The molecule has 1 aromatic carbocycles. The topological polar surface area (TPSA) is 18.5 Å². The fourth-order valence-corrected chi connectivity index (χ4v) is 2.25. The highest BCUT2D eigenvalue weighted by molar-refractivity contribution is 7.99. The molecule has 0 radical (unpaired) electrons. The predicted molar refractivity (Wildman–Crippen MR) is 75.3 cm³/mol. The van der Waals surface area contributed by atoms with Gasteiger partial charge in [-0.3, -0.25) is 0 Å². The number of ether oxygens (including phenoxy) is 2. The van der Waals surface area contributed by atoms with E-state index in [1.807, 2.05) is 36.0 Å². The second kappa shape index (κ2) is 8.29. The number of rotatable bonds is 8. The summed E-state index contributed by atoms with van der Waals surface area (Å²) in [5, 5.41) is 0.731. The van der Waals surface area contributed by atoms with Gasteiger partial charge < -0.3 is 9.47 Å². The van der Waals surface area contributed by atoms with Gasteiger partial charge in [-0.15, -0.1) is 0 Å². The molecule has 0 spiro atoms. The van der Waals surface area contributed by atoms with Gasteiger partial charge in [0.15, 0.2) is 0 Å². The van der Waals surface area contributed by atoms with Gasteiger partial charge in [0.2, 0.25) is 0 Å². The largest absolute Gasteiger partial charge is 0.497 e. The third-order valence-corrected chi connectivity index (χ3v) is 3.49. The number of hydrogen-bond donors (Lipinski definition) is 0. The maximum Gasteiger partial charge on any atom is 0.122 e. The Morgan fingerprint density at radius 1 is 1.18 bits per heavy atom. The Morgan fingerprint density at radius 3 is 2.65 bits per heavy atom. The zero-order chi connectivity index (χ0) is 12.5. The predicted octanol–water partition coefficient (Wildman–Crippen LogP) is 4.00. The minimum Gasteiger partial charge on any atom is -0.497 e. The molecule has 0 unspecified atom stereocenters. The van der Waals surface area contributed by atoms with E-state index in [4.69, 9.17) is 9.47 Å². The van der Waals surface area contributed by atoms with Crippen LogP contribution in [-0.4, -0.2) is 24.7 Å². The van der Waals surface area contributed by atoms with Crippen molar-refractivity contribution in [2.45, 2.75) is 31.9 Å². The highest BCUT2D eigenvalue weighted by atomic mass is 32.2. The van der Waals surface area contributed by atoms with Gasteiger partial charge in [-0.1, -0.05) is 19.9 Å². The van der Waals surface area contributed by atoms with Crippen LogP contribution in [-0.2, 0) is 0 Å². The van der Waals surface area contributed by atoms with Crippen LogP contribution in [0.4, 0.5) is 0 Å². The number of unbranched alkanes of at least 4 members (excludes halogenated alkanes) is 1. The van der Waals surface area contributed by atoms with E-state index < -0.39 is 0 Å². The molecule has 0 saturated carbocycles. The standard InChI is InChI=1S/C14H22O2S/c1-12(2)17-10-5-4-9-16-14-8-6-7-13(11-14)15-3/h6-8,11-12H,4-5,9-10H2,1-3H3. The van der Waals surface area contributed by atoms with Crippen molar-refractivity contribution in [3.05, 3.63) is 24.3 Å². The first-order chi connectivity index (χ1) is 8.22. The van der Waals surface area contributed by atoms with Crippen LogP contribution in [0.3, 0.4) is 0 Å². The molecule has 0 aliphatic heterocycles. The maximum absolute atomic E-state index is 5.67. The summed E-state index contributed by atoms with van der Waals surface area (Å²) in [6, 6.07) is 7.75. The molecule has 0 bridgehead atoms. The van der Waals surface area contributed by atoms with E-state index in [0.29, 0.717) is 0 Å². The normalized spacial score (nSPS) is 10.6. The highest BCUT2D eigenvalue weighted by Gasteiger charge is 1.97. The Kier molecular flexibility index (Phi) is 6.94. The van der Waals surface area contributed by atoms with Gasteiger partial charge in [0.25, 0.3) is 0 Å². The van der Waals surface area contributed by atoms with E-state index in [-0.39, 0.29) is 0 Å². The minimum atomic E-state index is 0.731. The first kappa shape index (κ1) is 14.2. The van der Waals surface area contributed by atoms with Gasteiger partial charge in [-0.2, -0.15) is 11.8 Å². The number of thioether (sulfide) groups is 1. The van der Waals surface area contributed by atoms with Gasteiger partial charge in [-0.25, -0.2) is 0 Å². The lowest BCUT2D eigenvalue weighted by atomic mass is 10.3. The molecule has 96 valence electrons. The molecule has 0 heterocycles. The fourth-order valence-electron chi connectivity index (χ4n) is 1.40. The average molecular weight is 254 g/mol. The third-order valence-electron chi connectivity index (χ3n) is 2.30. The smallest absolute Gasteiger partial charge is 0.122 e. The van der Waals surface area contributed by atoms with Crippen LogP contribution >= 0.6 is 11.8 Å². The maximum atomic E-state index is 5.67. The molecule has 0 fully saturated rings. The van der Waals surface area contributed by atoms with Gasteiger partial charge >= 0.3 is 0 Å². The summed E-state index contributed by atoms with van der Waals surface area (Å²) in [5.41, 5.74) is 0. The van der Waals surface area contributed by atoms with Gasteiger partial charge in [0.05, 0.1) is 13.7 Å². The molecule has 0 amide bonds. The zero-order valence-corrected chi connectivity index (χ0v) is 11.8. The average Bonchev–Trinajstić information content (AvgIpc) is 2.33. The van der Waals surface area contributed by atoms with Crippen LogP contribution in [0.2, 0.25) is 0 Å². The van der Waals surface area contributed by atoms with Crippen molar-refractivity contribution >= 4 is 11.8 Å². The van der Waals surface area contributed by atoms with Crippen molar-refractivity contribution < 1.29 is 9.47 Å². The van der Waals surface area contributed by atoms with Crippen molar-refractivity contribution in [2.24, 2.45) is 0 Å². The molecule has 0 N–H and O–H groups in total. The van der Waals surface area contributed by atoms with E-state index >= 15 is 0 Å². The van der Waals surface area contributed by atoms with E-state index in [2.05, 4.69) is 13.8 Å². The summed E-state index contributed by atoms with van der Waals surface area (Å²) < 4.78 is 10.8. The quantitative estimate of drug-likeness (QED) is 0.653. The molecule has 1 rings (SSSR count). The van der Waals surface area contributed by atoms with Crippen LogP contribution < -0.4 is 9.47 Å². The van der Waals surface area contributed by atoms with E-state index in [1.54, 1.807) is 7.11 Å². The number of benzene rings is 1. The zero-order valence-electron chi connectivity index (χ0n) is 10.9. The van der Waals surface area contributed by atoms with Crippen LogP contribution in [0.1, 0.15) is 26.7 Å². The number of hydrogen-bond acceptors (Lipinski definition) is 3. The summed E-state index contributed by atoms with van der Waals surface area (Å²) in [6.45, 7) is 5.25. The van der Waals surface area contributed by atoms with Crippen LogP contribution in [0.25, 0.3) is 0 Å². The van der Waals surface area contributed by atoms with Crippen LogP contribution in [0, 0.1) is 0 Å². The monoisotopic (exact) mass is 254 g/mol. The van der Waals surface area contributed by atoms with E-state index in [1.165, 1.54) is 12.2 Å². The highest BCUT2D eigenvalue weighted by Crippen LogP contribution is 2.19. The Labute approximate surface area is 109 Å². The summed E-state index contributed by atoms with van der Waals surface area (Å²) in [7, 11) is 1.67. The van der Waals surface area contributed by atoms with Crippen LogP contribution in [0.5, 0.6) is 11.5 Å². The Balaban J connectivity index is 2.13. The lowest BCUT2D eigenvalue weighted by molar-refractivity contribution is 0.307. The molecule has 1 aromatic rings. The molecule has 3 heteroatoms. The second-order valence-corrected chi connectivity index (χ2v) is 5.84. The minimum absolute atomic E-state index is 0.731. The molecule has 0 saturated heterocycles. The summed E-state index contributed by atoms with van der Waals surface area (Å²) in [5.74, 6) is 2.96. The summed E-state index contributed by atoms with van der Waals surface area (Å²) >= 11 is 2.01. The first-order valence-corrected chi connectivity index (χ1v) is 7.15. The van der Waals surface area contributed by atoms with E-state index in [0.717, 1.165) is 29.8 Å². The van der Waals surface area contributed by atoms with Crippen molar-refractivity contribution in [3.63, 3.8) is 0 Å². The van der Waals surface area contributed by atoms with Gasteiger partial charge in [0, 0.05) is 6.07 Å². The SMILES string of the molecule is COc1cccc(OCCCCSC(C)C)c1. The molecule has 0 aromatic heterocycles. The molecule has 2 nitrogen and oxygen atoms in total. The molecular weight excluding hydrogens is 232 g/mol. The third kappa shape index (κ3) is 6.47. The molecule has 0 atom stereocenters. The molecule has 0 aliphatic carbocycles. The second-order valence-electron chi connectivity index (χ2n) is 4.15. The van der Waals surface area contributed by atoms with E-state index in [9.17, 15) is 0 Å². The number of methoxy groups -OCH3 is 1. The molecule has 0 aliphatic rings. The molecule has 17 heavy (non-hydrogen) atoms.